The van der Waals surface area contributed by atoms with E-state index in [-0.39, 0.29) is 17.4 Å². The van der Waals surface area contributed by atoms with Crippen molar-refractivity contribution in [2.75, 3.05) is 24.3 Å². The molecule has 138 valence electrons. The number of hydrogen-bond acceptors (Lipinski definition) is 5. The zero-order chi connectivity index (χ0) is 19.1. The van der Waals surface area contributed by atoms with Gasteiger partial charge in [0.25, 0.3) is 5.91 Å². The van der Waals surface area contributed by atoms with Crippen molar-refractivity contribution in [1.29, 1.82) is 0 Å². The second kappa shape index (κ2) is 8.75. The van der Waals surface area contributed by atoms with Gasteiger partial charge in [0.2, 0.25) is 5.95 Å². The molecule has 2 aromatic carbocycles. The first-order chi connectivity index (χ1) is 13.2. The van der Waals surface area contributed by atoms with Crippen LogP contribution in [0, 0.1) is 5.82 Å². The van der Waals surface area contributed by atoms with Gasteiger partial charge in [0, 0.05) is 24.5 Å². The van der Waals surface area contributed by atoms with Crippen molar-refractivity contribution >= 4 is 17.5 Å². The standard InChI is InChI=1S/C20H19FN4O2/c1-27-16-7-4-6-15(13-16)24-19(26)18-10-12-23-20(25-18)22-11-9-14-5-2-3-8-17(14)21/h2-8,10,12-13H,9,11H2,1H3,(H,24,26)(H,22,23,25). The van der Waals surface area contributed by atoms with Gasteiger partial charge in [-0.05, 0) is 36.2 Å². The Morgan fingerprint density at radius 3 is 2.81 bits per heavy atom. The minimum Gasteiger partial charge on any atom is -0.497 e. The van der Waals surface area contributed by atoms with E-state index in [2.05, 4.69) is 20.6 Å². The molecule has 0 unspecified atom stereocenters. The Morgan fingerprint density at radius 1 is 1.15 bits per heavy atom. The Balaban J connectivity index is 1.60. The van der Waals surface area contributed by atoms with Crippen molar-refractivity contribution in [2.24, 2.45) is 0 Å². The number of anilines is 2. The summed E-state index contributed by atoms with van der Waals surface area (Å²) in [6.07, 6.45) is 1.98. The van der Waals surface area contributed by atoms with Crippen molar-refractivity contribution in [3.63, 3.8) is 0 Å². The Labute approximate surface area is 156 Å². The molecule has 0 atom stereocenters. The molecule has 6 nitrogen and oxygen atoms in total. The van der Waals surface area contributed by atoms with Crippen LogP contribution in [0.5, 0.6) is 5.75 Å². The molecule has 0 saturated heterocycles. The fraction of sp³-hybridized carbons (Fsp3) is 0.150. The number of hydrogen-bond donors (Lipinski definition) is 2. The van der Waals surface area contributed by atoms with Crippen LogP contribution in [0.25, 0.3) is 0 Å². The largest absolute Gasteiger partial charge is 0.497 e. The first-order valence-electron chi connectivity index (χ1n) is 8.41. The first-order valence-corrected chi connectivity index (χ1v) is 8.41. The maximum Gasteiger partial charge on any atom is 0.274 e. The van der Waals surface area contributed by atoms with Crippen LogP contribution in [-0.2, 0) is 6.42 Å². The molecule has 0 fully saturated rings. The molecule has 2 N–H and O–H groups in total. The summed E-state index contributed by atoms with van der Waals surface area (Å²) in [5.41, 5.74) is 1.44. The molecule has 27 heavy (non-hydrogen) atoms. The van der Waals surface area contributed by atoms with Crippen LogP contribution in [-0.4, -0.2) is 29.5 Å². The highest BCUT2D eigenvalue weighted by Gasteiger charge is 2.10. The van der Waals surface area contributed by atoms with Gasteiger partial charge in [-0.2, -0.15) is 0 Å². The van der Waals surface area contributed by atoms with Gasteiger partial charge in [0.1, 0.15) is 17.3 Å². The second-order valence-corrected chi connectivity index (χ2v) is 5.72. The van der Waals surface area contributed by atoms with E-state index in [4.69, 9.17) is 4.74 Å². The van der Waals surface area contributed by atoms with Crippen LogP contribution in [0.4, 0.5) is 16.0 Å². The van der Waals surface area contributed by atoms with Crippen molar-refractivity contribution in [3.05, 3.63) is 77.9 Å². The molecule has 0 saturated carbocycles. The third-order valence-corrected chi connectivity index (χ3v) is 3.85. The number of nitrogens with zero attached hydrogens (tertiary/aromatic N) is 2. The van der Waals surface area contributed by atoms with Crippen molar-refractivity contribution in [3.8, 4) is 5.75 Å². The number of nitrogens with one attached hydrogen (secondary N) is 2. The highest BCUT2D eigenvalue weighted by Crippen LogP contribution is 2.17. The van der Waals surface area contributed by atoms with E-state index in [1.54, 1.807) is 49.6 Å². The smallest absolute Gasteiger partial charge is 0.274 e. The summed E-state index contributed by atoms with van der Waals surface area (Å²) in [7, 11) is 1.56. The summed E-state index contributed by atoms with van der Waals surface area (Å²) in [6.45, 7) is 0.446. The van der Waals surface area contributed by atoms with Gasteiger partial charge in [0.05, 0.1) is 7.11 Å². The van der Waals surface area contributed by atoms with E-state index in [0.717, 1.165) is 0 Å². The quantitative estimate of drug-likeness (QED) is 0.669. The number of amides is 1. The first kappa shape index (κ1) is 18.3. The maximum atomic E-state index is 13.6. The molecule has 0 bridgehead atoms. The van der Waals surface area contributed by atoms with Gasteiger partial charge >= 0.3 is 0 Å². The van der Waals surface area contributed by atoms with Gasteiger partial charge in [-0.3, -0.25) is 4.79 Å². The van der Waals surface area contributed by atoms with E-state index in [1.165, 1.54) is 18.3 Å². The highest BCUT2D eigenvalue weighted by molar-refractivity contribution is 6.03. The SMILES string of the molecule is COc1cccc(NC(=O)c2ccnc(NCCc3ccccc3F)n2)c1. The number of benzene rings is 2. The predicted octanol–water partition coefficient (Wildman–Crippen LogP) is 3.53. The molecule has 0 aliphatic carbocycles. The van der Waals surface area contributed by atoms with Gasteiger partial charge in [0.15, 0.2) is 0 Å². The Kier molecular flexibility index (Phi) is 5.94. The van der Waals surface area contributed by atoms with Gasteiger partial charge in [-0.25, -0.2) is 14.4 Å². The molecule has 0 spiro atoms. The number of halogens is 1. The summed E-state index contributed by atoms with van der Waals surface area (Å²) in [6, 6.07) is 15.2. The minimum atomic E-state index is -0.359. The summed E-state index contributed by atoms with van der Waals surface area (Å²) in [4.78, 5) is 20.7. The van der Waals surface area contributed by atoms with Crippen molar-refractivity contribution in [1.82, 2.24) is 9.97 Å². The highest BCUT2D eigenvalue weighted by atomic mass is 19.1. The zero-order valence-corrected chi connectivity index (χ0v) is 14.8. The number of aromatic nitrogens is 2. The van der Waals surface area contributed by atoms with Crippen LogP contribution < -0.4 is 15.4 Å². The van der Waals surface area contributed by atoms with E-state index < -0.39 is 0 Å². The molecule has 3 aromatic rings. The molecule has 1 amide bonds. The molecule has 1 heterocycles. The lowest BCUT2D eigenvalue weighted by atomic mass is 10.1. The molecule has 1 aromatic heterocycles. The van der Waals surface area contributed by atoms with Crippen LogP contribution in [0.3, 0.4) is 0 Å². The average Bonchev–Trinajstić information content (AvgIpc) is 2.70. The number of rotatable bonds is 7. The van der Waals surface area contributed by atoms with E-state index in [9.17, 15) is 9.18 Å². The Bertz CT molecular complexity index is 933. The number of ether oxygens (including phenoxy) is 1. The van der Waals surface area contributed by atoms with Crippen LogP contribution >= 0.6 is 0 Å². The van der Waals surface area contributed by atoms with Crippen LogP contribution in [0.2, 0.25) is 0 Å². The van der Waals surface area contributed by atoms with Crippen LogP contribution in [0.1, 0.15) is 16.1 Å². The third kappa shape index (κ3) is 5.01. The fourth-order valence-electron chi connectivity index (χ4n) is 2.48. The van der Waals surface area contributed by atoms with E-state index >= 15 is 0 Å². The molecular formula is C20H19FN4O2. The van der Waals surface area contributed by atoms with Crippen molar-refractivity contribution in [2.45, 2.75) is 6.42 Å². The van der Waals surface area contributed by atoms with Gasteiger partial charge in [-0.1, -0.05) is 24.3 Å². The predicted molar refractivity (Wildman–Crippen MR) is 102 cm³/mol. The molecule has 7 heteroatoms. The lowest BCUT2D eigenvalue weighted by Crippen LogP contribution is -2.16. The summed E-state index contributed by atoms with van der Waals surface area (Å²) in [5, 5.41) is 5.77. The maximum absolute atomic E-state index is 13.6. The van der Waals surface area contributed by atoms with E-state index in [1.807, 2.05) is 0 Å². The average molecular weight is 366 g/mol. The molecule has 0 aliphatic rings. The fourth-order valence-corrected chi connectivity index (χ4v) is 2.48. The van der Waals surface area contributed by atoms with Gasteiger partial charge in [-0.15, -0.1) is 0 Å². The van der Waals surface area contributed by atoms with Crippen LogP contribution in [0.15, 0.2) is 60.8 Å². The lowest BCUT2D eigenvalue weighted by Gasteiger charge is -2.08. The second-order valence-electron chi connectivity index (χ2n) is 5.72. The third-order valence-electron chi connectivity index (χ3n) is 3.85. The lowest BCUT2D eigenvalue weighted by molar-refractivity contribution is 0.102. The molecule has 0 radical (unpaired) electrons. The number of carbonyl (C=O) groups is 1. The number of methoxy groups -OCH3 is 1. The summed E-state index contributed by atoms with van der Waals surface area (Å²) in [5.74, 6) is 0.352. The normalized spacial score (nSPS) is 10.3. The van der Waals surface area contributed by atoms with Crippen molar-refractivity contribution < 1.29 is 13.9 Å². The monoisotopic (exact) mass is 366 g/mol. The topological polar surface area (TPSA) is 76.1 Å². The Morgan fingerprint density at radius 2 is 2.00 bits per heavy atom. The molecule has 3 rings (SSSR count). The zero-order valence-electron chi connectivity index (χ0n) is 14.8. The van der Waals surface area contributed by atoms with E-state index in [0.29, 0.717) is 35.9 Å². The molecular weight excluding hydrogens is 347 g/mol. The summed E-state index contributed by atoms with van der Waals surface area (Å²) >= 11 is 0. The molecule has 0 aliphatic heterocycles. The number of carbonyl (C=O) groups excluding carboxylic acids is 1. The minimum absolute atomic E-state index is 0.223. The Hall–Kier alpha value is -3.48. The summed E-state index contributed by atoms with van der Waals surface area (Å²) < 4.78 is 18.8. The van der Waals surface area contributed by atoms with Gasteiger partial charge < -0.3 is 15.4 Å².